The topological polar surface area (TPSA) is 42.4 Å². The van der Waals surface area contributed by atoms with Crippen molar-refractivity contribution in [3.05, 3.63) is 52.5 Å². The number of hydrogen-bond donors (Lipinski definition) is 1. The lowest BCUT2D eigenvalue weighted by Gasteiger charge is -2.06. The molecule has 0 atom stereocenters. The van der Waals surface area contributed by atoms with Gasteiger partial charge >= 0.3 is 0 Å². The van der Waals surface area contributed by atoms with Gasteiger partial charge in [0.1, 0.15) is 23.1 Å². The molecule has 0 radical (unpaired) electrons. The van der Waals surface area contributed by atoms with Crippen LogP contribution in [0.3, 0.4) is 0 Å². The van der Waals surface area contributed by atoms with Crippen molar-refractivity contribution in [3.63, 3.8) is 0 Å². The van der Waals surface area contributed by atoms with Gasteiger partial charge in [-0.3, -0.25) is 0 Å². The third kappa shape index (κ3) is 2.69. The molecule has 0 bridgehead atoms. The Morgan fingerprint density at radius 2 is 2.00 bits per heavy atom. The molecule has 4 heteroatoms. The van der Waals surface area contributed by atoms with E-state index in [1.807, 2.05) is 36.6 Å². The summed E-state index contributed by atoms with van der Waals surface area (Å²) in [4.78, 5) is 4.36. The number of fused-ring (bicyclic) bond motifs is 1. The van der Waals surface area contributed by atoms with Crippen LogP contribution in [0.2, 0.25) is 0 Å². The second kappa shape index (κ2) is 4.90. The van der Waals surface area contributed by atoms with Crippen molar-refractivity contribution in [2.75, 3.05) is 0 Å². The van der Waals surface area contributed by atoms with Gasteiger partial charge in [0.15, 0.2) is 0 Å². The van der Waals surface area contributed by atoms with E-state index in [4.69, 9.17) is 4.74 Å². The summed E-state index contributed by atoms with van der Waals surface area (Å²) in [5.41, 5.74) is 1.02. The lowest BCUT2D eigenvalue weighted by Crippen LogP contribution is -1.94. The fraction of sp³-hybridized carbons (Fsp3) is 0.133. The maximum atomic E-state index is 9.48. The summed E-state index contributed by atoms with van der Waals surface area (Å²) >= 11 is 1.60. The molecule has 0 spiro atoms. The number of aromatic nitrogens is 1. The Kier molecular flexibility index (Phi) is 3.09. The van der Waals surface area contributed by atoms with Gasteiger partial charge in [-0.25, -0.2) is 4.98 Å². The van der Waals surface area contributed by atoms with Crippen LogP contribution in [0.1, 0.15) is 10.7 Å². The minimum absolute atomic E-state index is 0.264. The fourth-order valence-corrected chi connectivity index (χ4v) is 2.60. The number of thiazole rings is 1. The van der Waals surface area contributed by atoms with E-state index in [2.05, 4.69) is 4.98 Å². The van der Waals surface area contributed by atoms with Gasteiger partial charge in [0.25, 0.3) is 0 Å². The number of aryl methyl sites for hydroxylation is 1. The highest BCUT2D eigenvalue weighted by Gasteiger charge is 2.02. The Morgan fingerprint density at radius 1 is 1.16 bits per heavy atom. The summed E-state index contributed by atoms with van der Waals surface area (Å²) in [6.45, 7) is 2.45. The van der Waals surface area contributed by atoms with Crippen LogP contribution < -0.4 is 4.74 Å². The summed E-state index contributed by atoms with van der Waals surface area (Å²) in [6, 6.07) is 11.1. The molecule has 3 aromatic rings. The van der Waals surface area contributed by atoms with E-state index >= 15 is 0 Å². The lowest BCUT2D eigenvalue weighted by atomic mass is 10.1. The number of hydrogen-bond acceptors (Lipinski definition) is 4. The van der Waals surface area contributed by atoms with E-state index < -0.39 is 0 Å². The quantitative estimate of drug-likeness (QED) is 0.785. The SMILES string of the molecule is Cc1csc(COc2ccc3ccc(O)cc3c2)n1. The minimum Gasteiger partial charge on any atom is -0.508 e. The van der Waals surface area contributed by atoms with Gasteiger partial charge in [0.05, 0.1) is 0 Å². The second-order valence-corrected chi connectivity index (χ2v) is 5.31. The third-order valence-electron chi connectivity index (χ3n) is 2.82. The van der Waals surface area contributed by atoms with Gasteiger partial charge in [-0.05, 0) is 42.0 Å². The van der Waals surface area contributed by atoms with E-state index in [1.54, 1.807) is 23.5 Å². The minimum atomic E-state index is 0.264. The Balaban J connectivity index is 1.81. The fourth-order valence-electron chi connectivity index (χ4n) is 1.92. The van der Waals surface area contributed by atoms with E-state index in [0.717, 1.165) is 27.2 Å². The maximum Gasteiger partial charge on any atom is 0.140 e. The molecule has 0 fully saturated rings. The van der Waals surface area contributed by atoms with Crippen molar-refractivity contribution in [1.82, 2.24) is 4.98 Å². The summed E-state index contributed by atoms with van der Waals surface area (Å²) in [7, 11) is 0. The molecule has 0 aliphatic heterocycles. The Hall–Kier alpha value is -2.07. The first-order valence-corrected chi connectivity index (χ1v) is 6.85. The highest BCUT2D eigenvalue weighted by Crippen LogP contribution is 2.25. The van der Waals surface area contributed by atoms with E-state index in [9.17, 15) is 5.11 Å². The van der Waals surface area contributed by atoms with Crippen LogP contribution in [0.15, 0.2) is 41.8 Å². The van der Waals surface area contributed by atoms with Crippen molar-refractivity contribution in [2.45, 2.75) is 13.5 Å². The summed E-state index contributed by atoms with van der Waals surface area (Å²) in [6.07, 6.45) is 0. The Morgan fingerprint density at radius 3 is 2.79 bits per heavy atom. The van der Waals surface area contributed by atoms with Crippen LogP contribution >= 0.6 is 11.3 Å². The summed E-state index contributed by atoms with van der Waals surface area (Å²) in [5, 5.41) is 14.5. The molecule has 19 heavy (non-hydrogen) atoms. The molecule has 0 saturated carbocycles. The van der Waals surface area contributed by atoms with Crippen molar-refractivity contribution in [2.24, 2.45) is 0 Å². The maximum absolute atomic E-state index is 9.48. The molecule has 3 nitrogen and oxygen atoms in total. The standard InChI is InChI=1S/C15H13NO2S/c1-10-9-19-15(16-10)8-18-14-5-3-11-2-4-13(17)6-12(11)7-14/h2-7,9,17H,8H2,1H3. The van der Waals surface area contributed by atoms with Crippen molar-refractivity contribution in [3.8, 4) is 11.5 Å². The molecule has 0 aliphatic carbocycles. The van der Waals surface area contributed by atoms with Gasteiger partial charge < -0.3 is 9.84 Å². The molecule has 1 heterocycles. The molecule has 0 saturated heterocycles. The van der Waals surface area contributed by atoms with E-state index in [-0.39, 0.29) is 5.75 Å². The highest BCUT2D eigenvalue weighted by molar-refractivity contribution is 7.09. The third-order valence-corrected chi connectivity index (χ3v) is 3.76. The van der Waals surface area contributed by atoms with Crippen LogP contribution in [0.5, 0.6) is 11.5 Å². The zero-order valence-electron chi connectivity index (χ0n) is 10.5. The summed E-state index contributed by atoms with van der Waals surface area (Å²) in [5.74, 6) is 1.05. The Labute approximate surface area is 115 Å². The molecule has 1 aromatic heterocycles. The van der Waals surface area contributed by atoms with Crippen LogP contribution in [0.25, 0.3) is 10.8 Å². The van der Waals surface area contributed by atoms with Crippen LogP contribution in [-0.4, -0.2) is 10.1 Å². The first-order valence-electron chi connectivity index (χ1n) is 5.97. The molecular weight excluding hydrogens is 258 g/mol. The monoisotopic (exact) mass is 271 g/mol. The van der Waals surface area contributed by atoms with Gasteiger partial charge in [-0.1, -0.05) is 12.1 Å². The second-order valence-electron chi connectivity index (χ2n) is 4.36. The average molecular weight is 271 g/mol. The smallest absolute Gasteiger partial charge is 0.140 e. The van der Waals surface area contributed by atoms with Crippen LogP contribution in [-0.2, 0) is 6.61 Å². The number of phenolic OH excluding ortho intramolecular Hbond substituents is 1. The molecule has 96 valence electrons. The summed E-state index contributed by atoms with van der Waals surface area (Å²) < 4.78 is 5.72. The van der Waals surface area contributed by atoms with Gasteiger partial charge in [-0.2, -0.15) is 0 Å². The molecule has 0 amide bonds. The van der Waals surface area contributed by atoms with Crippen LogP contribution in [0, 0.1) is 6.92 Å². The van der Waals surface area contributed by atoms with Crippen molar-refractivity contribution < 1.29 is 9.84 Å². The Bertz CT molecular complexity index is 721. The first-order chi connectivity index (χ1) is 9.20. The van der Waals surface area contributed by atoms with Crippen LogP contribution in [0.4, 0.5) is 0 Å². The molecule has 0 aliphatic rings. The molecule has 3 rings (SSSR count). The zero-order chi connectivity index (χ0) is 13.2. The number of rotatable bonds is 3. The lowest BCUT2D eigenvalue weighted by molar-refractivity contribution is 0.306. The van der Waals surface area contributed by atoms with Gasteiger partial charge in [0, 0.05) is 11.1 Å². The van der Waals surface area contributed by atoms with Crippen molar-refractivity contribution >= 4 is 22.1 Å². The molecule has 2 aromatic carbocycles. The predicted molar refractivity (Wildman–Crippen MR) is 76.8 cm³/mol. The number of aromatic hydroxyl groups is 1. The molecular formula is C15H13NO2S. The number of benzene rings is 2. The van der Waals surface area contributed by atoms with E-state index in [1.165, 1.54) is 0 Å². The highest BCUT2D eigenvalue weighted by atomic mass is 32.1. The normalized spacial score (nSPS) is 10.8. The van der Waals surface area contributed by atoms with Gasteiger partial charge in [0.2, 0.25) is 0 Å². The predicted octanol–water partition coefficient (Wildman–Crippen LogP) is 3.89. The first kappa shape index (κ1) is 12.0. The van der Waals surface area contributed by atoms with Crippen molar-refractivity contribution in [1.29, 1.82) is 0 Å². The molecule has 1 N–H and O–H groups in total. The zero-order valence-corrected chi connectivity index (χ0v) is 11.3. The van der Waals surface area contributed by atoms with Gasteiger partial charge in [-0.15, -0.1) is 11.3 Å². The van der Waals surface area contributed by atoms with E-state index in [0.29, 0.717) is 6.61 Å². The number of phenols is 1. The number of nitrogens with zero attached hydrogens (tertiary/aromatic N) is 1. The average Bonchev–Trinajstić information content (AvgIpc) is 2.81. The largest absolute Gasteiger partial charge is 0.508 e. The number of ether oxygens (including phenoxy) is 1. The molecule has 0 unspecified atom stereocenters.